The number of halogens is 2. The fourth-order valence-electron chi connectivity index (χ4n) is 0.871. The molecule has 4 heteroatoms. The molecule has 0 aliphatic heterocycles. The van der Waals surface area contributed by atoms with Gasteiger partial charge in [0.25, 0.3) is 0 Å². The molecule has 0 saturated carbocycles. The van der Waals surface area contributed by atoms with Crippen LogP contribution in [0.4, 0.5) is 8.78 Å². The summed E-state index contributed by atoms with van der Waals surface area (Å²) in [6, 6.07) is 3.69. The number of benzene rings is 1. The van der Waals surface area contributed by atoms with Crippen molar-refractivity contribution in [3.8, 4) is 0 Å². The van der Waals surface area contributed by atoms with Crippen molar-refractivity contribution in [2.24, 2.45) is 0 Å². The van der Waals surface area contributed by atoms with E-state index in [9.17, 15) is 8.78 Å². The van der Waals surface area contributed by atoms with Gasteiger partial charge in [-0.15, -0.1) is 11.8 Å². The molecule has 0 amide bonds. The summed E-state index contributed by atoms with van der Waals surface area (Å²) in [5.74, 6) is -0.990. The van der Waals surface area contributed by atoms with Gasteiger partial charge in [-0.05, 0) is 18.6 Å². The SMILES string of the molecule is CCC(C)Sc1ccc(F)cc1F.[Ti]. The zero-order chi connectivity index (χ0) is 9.84. The third-order valence-corrected chi connectivity index (χ3v) is 3.12. The van der Waals surface area contributed by atoms with Gasteiger partial charge in [0.15, 0.2) is 0 Å². The van der Waals surface area contributed by atoms with Gasteiger partial charge in [0.05, 0.1) is 0 Å². The first-order valence-corrected chi connectivity index (χ1v) is 5.13. The molecule has 0 saturated heterocycles. The van der Waals surface area contributed by atoms with Crippen molar-refractivity contribution in [1.82, 2.24) is 0 Å². The minimum absolute atomic E-state index is 0. The van der Waals surface area contributed by atoms with Crippen LogP contribution in [0.3, 0.4) is 0 Å². The maximum atomic E-state index is 13.1. The van der Waals surface area contributed by atoms with Gasteiger partial charge in [-0.2, -0.15) is 0 Å². The molecule has 0 fully saturated rings. The minimum atomic E-state index is -0.522. The van der Waals surface area contributed by atoms with Crippen LogP contribution in [0.5, 0.6) is 0 Å². The van der Waals surface area contributed by atoms with Gasteiger partial charge in [-0.25, -0.2) is 8.78 Å². The summed E-state index contributed by atoms with van der Waals surface area (Å²) in [5.41, 5.74) is 0. The molecule has 0 nitrogen and oxygen atoms in total. The van der Waals surface area contributed by atoms with Crippen molar-refractivity contribution >= 4 is 11.8 Å². The Morgan fingerprint density at radius 2 is 2.00 bits per heavy atom. The molecule has 0 aliphatic rings. The van der Waals surface area contributed by atoms with Crippen molar-refractivity contribution in [2.45, 2.75) is 30.4 Å². The van der Waals surface area contributed by atoms with E-state index < -0.39 is 11.6 Å². The van der Waals surface area contributed by atoms with Crippen molar-refractivity contribution in [2.75, 3.05) is 0 Å². The standard InChI is InChI=1S/C10H12F2S.Ti/c1-3-7(2)13-10-5-4-8(11)6-9(10)12;/h4-7H,3H2,1-2H3;. The van der Waals surface area contributed by atoms with Crippen LogP contribution in [0.1, 0.15) is 20.3 Å². The zero-order valence-electron chi connectivity index (χ0n) is 8.18. The molecule has 0 bridgehead atoms. The van der Waals surface area contributed by atoms with Crippen molar-refractivity contribution in [1.29, 1.82) is 0 Å². The minimum Gasteiger partial charge on any atom is -0.207 e. The Hall–Kier alpha value is 0.144. The van der Waals surface area contributed by atoms with E-state index >= 15 is 0 Å². The molecule has 0 aliphatic carbocycles. The Labute approximate surface area is 102 Å². The maximum Gasteiger partial charge on any atom is 0.139 e. The smallest absolute Gasteiger partial charge is 0.139 e. The average molecular weight is 250 g/mol. The van der Waals surface area contributed by atoms with Crippen LogP contribution in [0.25, 0.3) is 0 Å². The second-order valence-corrected chi connectivity index (χ2v) is 4.39. The van der Waals surface area contributed by atoms with Crippen LogP contribution >= 0.6 is 11.8 Å². The largest absolute Gasteiger partial charge is 0.207 e. The summed E-state index contributed by atoms with van der Waals surface area (Å²) in [6.45, 7) is 4.06. The van der Waals surface area contributed by atoms with Gasteiger partial charge in [0, 0.05) is 37.9 Å². The van der Waals surface area contributed by atoms with Gasteiger partial charge in [-0.3, -0.25) is 0 Å². The van der Waals surface area contributed by atoms with E-state index in [1.165, 1.54) is 23.9 Å². The molecule has 1 aromatic rings. The third-order valence-electron chi connectivity index (χ3n) is 1.80. The summed E-state index contributed by atoms with van der Waals surface area (Å²) < 4.78 is 25.6. The molecular weight excluding hydrogens is 238 g/mol. The molecular formula is C10H12F2STi. The maximum absolute atomic E-state index is 13.1. The van der Waals surface area contributed by atoms with Gasteiger partial charge >= 0.3 is 0 Å². The molecule has 0 N–H and O–H groups in total. The van der Waals surface area contributed by atoms with Crippen molar-refractivity contribution < 1.29 is 30.5 Å². The number of thioether (sulfide) groups is 1. The number of rotatable bonds is 3. The van der Waals surface area contributed by atoms with Crippen LogP contribution in [-0.2, 0) is 21.7 Å². The van der Waals surface area contributed by atoms with Gasteiger partial charge in [0.1, 0.15) is 11.6 Å². The first kappa shape index (κ1) is 14.1. The predicted octanol–water partition coefficient (Wildman–Crippen LogP) is 3.85. The van der Waals surface area contributed by atoms with Crippen molar-refractivity contribution in [3.05, 3.63) is 29.8 Å². The molecule has 0 spiro atoms. The summed E-state index contributed by atoms with van der Waals surface area (Å²) in [5, 5.41) is 0.361. The fourth-order valence-corrected chi connectivity index (χ4v) is 1.79. The van der Waals surface area contributed by atoms with Crippen LogP contribution in [0.2, 0.25) is 0 Å². The van der Waals surface area contributed by atoms with Crippen LogP contribution in [0.15, 0.2) is 23.1 Å². The van der Waals surface area contributed by atoms with E-state index in [0.717, 1.165) is 12.5 Å². The van der Waals surface area contributed by atoms with E-state index in [0.29, 0.717) is 10.1 Å². The number of hydrogen-bond donors (Lipinski definition) is 0. The van der Waals surface area contributed by atoms with Crippen LogP contribution < -0.4 is 0 Å². The van der Waals surface area contributed by atoms with E-state index in [2.05, 4.69) is 0 Å². The van der Waals surface area contributed by atoms with Gasteiger partial charge in [-0.1, -0.05) is 13.8 Å². The van der Waals surface area contributed by atoms with Crippen LogP contribution in [-0.4, -0.2) is 5.25 Å². The summed E-state index contributed by atoms with van der Waals surface area (Å²) in [4.78, 5) is 0.524. The predicted molar refractivity (Wildman–Crippen MR) is 52.0 cm³/mol. The number of hydrogen-bond acceptors (Lipinski definition) is 1. The molecule has 14 heavy (non-hydrogen) atoms. The van der Waals surface area contributed by atoms with Crippen molar-refractivity contribution in [3.63, 3.8) is 0 Å². The molecule has 1 atom stereocenters. The molecule has 76 valence electrons. The van der Waals surface area contributed by atoms with E-state index in [1.54, 1.807) is 0 Å². The topological polar surface area (TPSA) is 0 Å². The zero-order valence-corrected chi connectivity index (χ0v) is 10.6. The summed E-state index contributed by atoms with van der Waals surface area (Å²) in [7, 11) is 0. The Bertz CT molecular complexity index is 291. The monoisotopic (exact) mass is 250 g/mol. The van der Waals surface area contributed by atoms with E-state index in [4.69, 9.17) is 0 Å². The molecule has 0 radical (unpaired) electrons. The van der Waals surface area contributed by atoms with Crippen LogP contribution in [0, 0.1) is 11.6 Å². The molecule has 1 unspecified atom stereocenters. The Kier molecular flexibility index (Phi) is 6.66. The molecule has 1 rings (SSSR count). The van der Waals surface area contributed by atoms with Gasteiger partial charge < -0.3 is 0 Å². The Balaban J connectivity index is 0.00000169. The first-order chi connectivity index (χ1) is 6.13. The fraction of sp³-hybridized carbons (Fsp3) is 0.400. The normalized spacial score (nSPS) is 12.0. The van der Waals surface area contributed by atoms with E-state index in [1.807, 2.05) is 13.8 Å². The Morgan fingerprint density at radius 1 is 1.36 bits per heavy atom. The molecule has 0 heterocycles. The Morgan fingerprint density at radius 3 is 2.50 bits per heavy atom. The average Bonchev–Trinajstić information content (AvgIpc) is 2.09. The summed E-state index contributed by atoms with van der Waals surface area (Å²) >= 11 is 1.44. The summed E-state index contributed by atoms with van der Waals surface area (Å²) in [6.07, 6.45) is 0.974. The second-order valence-electron chi connectivity index (χ2n) is 2.91. The third kappa shape index (κ3) is 4.12. The van der Waals surface area contributed by atoms with Gasteiger partial charge in [0.2, 0.25) is 0 Å². The van der Waals surface area contributed by atoms with E-state index in [-0.39, 0.29) is 21.7 Å². The second kappa shape index (κ2) is 6.60. The molecule has 0 aromatic heterocycles. The molecule has 1 aromatic carbocycles. The quantitative estimate of drug-likeness (QED) is 0.580. The first-order valence-electron chi connectivity index (χ1n) is 4.25.